The lowest BCUT2D eigenvalue weighted by atomic mass is 9.74. The van der Waals surface area contributed by atoms with E-state index < -0.39 is 35.3 Å². The average Bonchev–Trinajstić information content (AvgIpc) is 3.21. The van der Waals surface area contributed by atoms with Crippen molar-refractivity contribution in [2.24, 2.45) is 23.2 Å². The van der Waals surface area contributed by atoms with Crippen LogP contribution in [0.5, 0.6) is 0 Å². The van der Waals surface area contributed by atoms with Crippen LogP contribution in [0.2, 0.25) is 0 Å². The maximum Gasteiger partial charge on any atom is 0.319 e. The second kappa shape index (κ2) is 14.3. The molecule has 4 aliphatic rings. The summed E-state index contributed by atoms with van der Waals surface area (Å²) in [5, 5.41) is 0. The Morgan fingerprint density at radius 3 is 2.20 bits per heavy atom. The lowest BCUT2D eigenvalue weighted by molar-refractivity contribution is -0.263. The van der Waals surface area contributed by atoms with Crippen LogP contribution in [-0.2, 0) is 28.5 Å². The number of carbonyl (C=O) groups excluding carboxylic acids is 2. The first kappa shape index (κ1) is 35.7. The highest BCUT2D eigenvalue weighted by molar-refractivity contribution is 6.04. The molecule has 0 aromatic carbocycles. The second-order valence-electron chi connectivity index (χ2n) is 15.7. The lowest BCUT2D eigenvalue weighted by Gasteiger charge is -2.46. The number of nitrogens with zero attached hydrogens (tertiary/aromatic N) is 3. The Morgan fingerprint density at radius 2 is 1.64 bits per heavy atom. The minimum absolute atomic E-state index is 0.0334. The normalized spacial score (nSPS) is 43.3. The Kier molecular flexibility index (Phi) is 11.7. The van der Waals surface area contributed by atoms with Gasteiger partial charge in [0, 0.05) is 50.2 Å². The summed E-state index contributed by atoms with van der Waals surface area (Å²) in [5.74, 6) is -0.560. The third kappa shape index (κ3) is 7.54. The third-order valence-electron chi connectivity index (χ3n) is 11.7. The maximum absolute atomic E-state index is 14.3. The zero-order valence-electron chi connectivity index (χ0n) is 29.6. The van der Waals surface area contributed by atoms with Gasteiger partial charge in [-0.1, -0.05) is 20.8 Å². The quantitative estimate of drug-likeness (QED) is 0.312. The molecule has 254 valence electrons. The van der Waals surface area contributed by atoms with Crippen LogP contribution in [0, 0.1) is 23.2 Å². The molecule has 4 rings (SSSR count). The number of cyclic esters (lactones) is 1. The van der Waals surface area contributed by atoms with Gasteiger partial charge in [0.2, 0.25) is 0 Å². The Morgan fingerprint density at radius 1 is 1.00 bits per heavy atom. The van der Waals surface area contributed by atoms with Gasteiger partial charge in [-0.3, -0.25) is 19.4 Å². The first-order valence-corrected chi connectivity index (χ1v) is 17.3. The van der Waals surface area contributed by atoms with Crippen molar-refractivity contribution in [3.63, 3.8) is 0 Å². The molecule has 0 aliphatic carbocycles. The molecule has 11 atom stereocenters. The molecule has 4 heterocycles. The predicted molar refractivity (Wildman–Crippen MR) is 172 cm³/mol. The number of Topliss-reactive ketones (excluding diaryl/α,β-unsaturated/α-hetero) is 1. The molecule has 9 nitrogen and oxygen atoms in total. The number of methoxy groups -OCH3 is 1. The Hall–Kier alpha value is -1.10. The molecule has 0 radical (unpaired) electrons. The molecule has 2 unspecified atom stereocenters. The molecule has 0 aromatic heterocycles. The highest BCUT2D eigenvalue weighted by atomic mass is 16.7. The number of rotatable bonds is 6. The van der Waals surface area contributed by atoms with Crippen LogP contribution in [0.15, 0.2) is 0 Å². The van der Waals surface area contributed by atoms with E-state index in [1.54, 1.807) is 21.0 Å². The topological polar surface area (TPSA) is 80.8 Å². The van der Waals surface area contributed by atoms with Gasteiger partial charge < -0.3 is 23.8 Å². The van der Waals surface area contributed by atoms with Crippen LogP contribution in [0.3, 0.4) is 0 Å². The van der Waals surface area contributed by atoms with Gasteiger partial charge in [-0.25, -0.2) is 0 Å². The minimum Gasteiger partial charge on any atom is -0.463 e. The number of hydrogen-bond donors (Lipinski definition) is 0. The Labute approximate surface area is 267 Å². The van der Waals surface area contributed by atoms with E-state index in [0.29, 0.717) is 43.5 Å². The van der Waals surface area contributed by atoms with Gasteiger partial charge in [-0.2, -0.15) is 0 Å². The van der Waals surface area contributed by atoms with Crippen molar-refractivity contribution in [1.29, 1.82) is 0 Å². The van der Waals surface area contributed by atoms with Crippen LogP contribution in [-0.4, -0.2) is 123 Å². The molecule has 0 aromatic rings. The Bertz CT molecular complexity index is 978. The van der Waals surface area contributed by atoms with Crippen molar-refractivity contribution in [2.75, 3.05) is 47.9 Å². The van der Waals surface area contributed by atoms with Crippen molar-refractivity contribution in [1.82, 2.24) is 14.7 Å². The van der Waals surface area contributed by atoms with Crippen LogP contribution in [0.25, 0.3) is 0 Å². The van der Waals surface area contributed by atoms with Gasteiger partial charge in [0.05, 0.1) is 17.8 Å². The van der Waals surface area contributed by atoms with Gasteiger partial charge in [-0.05, 0) is 106 Å². The zero-order valence-corrected chi connectivity index (χ0v) is 29.6. The maximum atomic E-state index is 14.3. The minimum atomic E-state index is -1.32. The first-order chi connectivity index (χ1) is 20.6. The van der Waals surface area contributed by atoms with E-state index in [0.717, 1.165) is 32.4 Å². The SMILES string of the molecule is CCN1[C@@H]2CC[C@H]1CC(C1COC(=O)C(C)(C)C(=O)[C@H](C)[C@@H](O[C@H]3C[C@@H](N(C)C)C[C@@H](C)O3)[C@](C)(OC)C[C@@H](C)CN1C)C2. The van der Waals surface area contributed by atoms with Crippen molar-refractivity contribution in [2.45, 2.75) is 142 Å². The molecule has 4 aliphatic heterocycles. The fraction of sp³-hybridized carbons (Fsp3) is 0.943. The summed E-state index contributed by atoms with van der Waals surface area (Å²) < 4.78 is 25.5. The molecule has 44 heavy (non-hydrogen) atoms. The molecular weight excluding hydrogens is 558 g/mol. The highest BCUT2D eigenvalue weighted by Gasteiger charge is 2.51. The summed E-state index contributed by atoms with van der Waals surface area (Å²) in [4.78, 5) is 35.3. The van der Waals surface area contributed by atoms with E-state index in [9.17, 15) is 9.59 Å². The van der Waals surface area contributed by atoms with E-state index in [-0.39, 0.29) is 23.8 Å². The van der Waals surface area contributed by atoms with Gasteiger partial charge in [-0.15, -0.1) is 0 Å². The average molecular weight is 622 g/mol. The number of ketones is 1. The molecule has 0 N–H and O–H groups in total. The van der Waals surface area contributed by atoms with Crippen LogP contribution in [0.1, 0.15) is 93.4 Å². The van der Waals surface area contributed by atoms with Crippen molar-refractivity contribution < 1.29 is 28.5 Å². The van der Waals surface area contributed by atoms with E-state index in [2.05, 4.69) is 63.5 Å². The predicted octanol–water partition coefficient (Wildman–Crippen LogP) is 4.61. The first-order valence-electron chi connectivity index (χ1n) is 17.3. The van der Waals surface area contributed by atoms with Crippen molar-refractivity contribution in [3.05, 3.63) is 0 Å². The van der Waals surface area contributed by atoms with Gasteiger partial charge in [0.1, 0.15) is 12.0 Å². The lowest BCUT2D eigenvalue weighted by Crippen LogP contribution is -2.55. The fourth-order valence-electron chi connectivity index (χ4n) is 9.15. The van der Waals surface area contributed by atoms with E-state index in [1.165, 1.54) is 12.8 Å². The molecular formula is C35H63N3O6. The molecule has 4 fully saturated rings. The van der Waals surface area contributed by atoms with Crippen LogP contribution in [0.4, 0.5) is 0 Å². The summed E-state index contributed by atoms with van der Waals surface area (Å²) in [5.41, 5.74) is -2.10. The molecule has 0 amide bonds. The number of hydrogen-bond acceptors (Lipinski definition) is 9. The smallest absolute Gasteiger partial charge is 0.319 e. The van der Waals surface area contributed by atoms with E-state index in [4.69, 9.17) is 18.9 Å². The molecule has 4 saturated heterocycles. The fourth-order valence-corrected chi connectivity index (χ4v) is 9.15. The summed E-state index contributed by atoms with van der Waals surface area (Å²) >= 11 is 0. The summed E-state index contributed by atoms with van der Waals surface area (Å²) in [7, 11) is 8.07. The van der Waals surface area contributed by atoms with Gasteiger partial charge in [0.25, 0.3) is 0 Å². The number of fused-ring (bicyclic) bond motifs is 2. The van der Waals surface area contributed by atoms with Crippen molar-refractivity contribution >= 4 is 11.8 Å². The number of ether oxygens (including phenoxy) is 4. The van der Waals surface area contributed by atoms with Crippen molar-refractivity contribution in [3.8, 4) is 0 Å². The van der Waals surface area contributed by atoms with Gasteiger partial charge >= 0.3 is 5.97 Å². The summed E-state index contributed by atoms with van der Waals surface area (Å²) in [6, 6.07) is 1.64. The summed E-state index contributed by atoms with van der Waals surface area (Å²) in [6.45, 7) is 16.2. The number of piperidine rings is 1. The third-order valence-corrected chi connectivity index (χ3v) is 11.7. The van der Waals surface area contributed by atoms with Crippen LogP contribution >= 0.6 is 0 Å². The van der Waals surface area contributed by atoms with E-state index >= 15 is 0 Å². The van der Waals surface area contributed by atoms with Crippen LogP contribution < -0.4 is 0 Å². The van der Waals surface area contributed by atoms with Gasteiger partial charge in [0.15, 0.2) is 12.1 Å². The van der Waals surface area contributed by atoms with E-state index in [1.807, 2.05) is 6.92 Å². The second-order valence-corrected chi connectivity index (χ2v) is 15.7. The zero-order chi connectivity index (χ0) is 32.6. The number of esters is 1. The standard InChI is InChI=1S/C35H63N3O6/c1-12-38-26-13-14-27(38)17-25(16-26)29-21-42-33(40)34(5,6)31(39)24(4)32(35(7,41-11)19-22(2)20-37(29)10)44-30-18-28(36(8)9)15-23(3)43-30/h22-30,32H,12-21H2,1-11H3/t22-,23-,24+,25?,26-,27+,28+,29?,30+,32-,35-/m1/s1. The number of likely N-dealkylation sites (N-methyl/N-ethyl adjacent to an activating group) is 1. The monoisotopic (exact) mass is 621 g/mol. The molecule has 9 heteroatoms. The Balaban J connectivity index is 1.63. The highest BCUT2D eigenvalue weighted by Crippen LogP contribution is 2.42. The number of carbonyl (C=O) groups is 2. The molecule has 0 spiro atoms. The molecule has 0 saturated carbocycles. The summed E-state index contributed by atoms with van der Waals surface area (Å²) in [6.07, 6.45) is 6.06. The molecule has 2 bridgehead atoms. The largest absolute Gasteiger partial charge is 0.463 e.